The third-order valence-electron chi connectivity index (χ3n) is 6.65. The van der Waals surface area contributed by atoms with E-state index in [1.807, 2.05) is 18.2 Å². The quantitative estimate of drug-likeness (QED) is 0.474. The van der Waals surface area contributed by atoms with Crippen LogP contribution in [0.5, 0.6) is 0 Å². The van der Waals surface area contributed by atoms with Gasteiger partial charge in [0.25, 0.3) is 0 Å². The van der Waals surface area contributed by atoms with E-state index in [0.717, 1.165) is 59.9 Å². The molecule has 0 aliphatic carbocycles. The van der Waals surface area contributed by atoms with E-state index < -0.39 is 0 Å². The molecule has 1 amide bonds. The van der Waals surface area contributed by atoms with E-state index in [9.17, 15) is 4.79 Å². The monoisotopic (exact) mass is 467 g/mol. The zero-order valence-electron chi connectivity index (χ0n) is 20.8. The molecule has 3 aromatic rings. The van der Waals surface area contributed by atoms with Crippen LogP contribution in [0.4, 0.5) is 10.6 Å². The van der Waals surface area contributed by atoms with Crippen molar-refractivity contribution >= 4 is 33.8 Å². The van der Waals surface area contributed by atoms with Crippen molar-refractivity contribution < 1.29 is 14.3 Å². The topological polar surface area (TPSA) is 104 Å². The van der Waals surface area contributed by atoms with Gasteiger partial charge in [-0.15, -0.1) is 0 Å². The Bertz CT molecular complexity index is 1140. The van der Waals surface area contributed by atoms with Crippen LogP contribution >= 0.6 is 0 Å². The van der Waals surface area contributed by atoms with Crippen LogP contribution in [0.15, 0.2) is 24.3 Å². The Labute approximate surface area is 201 Å². The van der Waals surface area contributed by atoms with Gasteiger partial charge >= 0.3 is 6.09 Å². The minimum absolute atomic E-state index is 0.0406. The molecular weight excluding hydrogens is 430 g/mol. The number of aryl methyl sites for hydroxylation is 1. The molecule has 0 radical (unpaired) electrons. The molecule has 8 nitrogen and oxygen atoms in total. The lowest BCUT2D eigenvalue weighted by Gasteiger charge is -2.34. The molecule has 1 aromatic carbocycles. The van der Waals surface area contributed by atoms with Gasteiger partial charge in [-0.2, -0.15) is 0 Å². The van der Waals surface area contributed by atoms with Crippen LogP contribution in [-0.4, -0.2) is 46.5 Å². The summed E-state index contributed by atoms with van der Waals surface area (Å²) in [5.41, 5.74) is 8.97. The van der Waals surface area contributed by atoms with E-state index in [0.29, 0.717) is 25.6 Å². The van der Waals surface area contributed by atoms with E-state index in [2.05, 4.69) is 48.6 Å². The molecule has 1 aliphatic heterocycles. The minimum Gasteiger partial charge on any atom is -0.450 e. The lowest BCUT2D eigenvalue weighted by molar-refractivity contribution is 0.0728. The standard InChI is InChI=1S/C26H37N5O3/c1-5-21-30-22-23(18-9-6-7-10-19(18)29-24(22)27)31(21)20(26(2,3)4)11-8-14-34-25(32)28-17-12-15-33-16-13-17/h6-7,9-10,17,20H,5,8,11-16H2,1-4H3,(H2,27,29)(H,28,32). The molecule has 4 rings (SSSR count). The molecule has 184 valence electrons. The highest BCUT2D eigenvalue weighted by Crippen LogP contribution is 2.40. The molecule has 1 atom stereocenters. The van der Waals surface area contributed by atoms with E-state index >= 15 is 0 Å². The van der Waals surface area contributed by atoms with Crippen LogP contribution in [-0.2, 0) is 15.9 Å². The van der Waals surface area contributed by atoms with Crippen LogP contribution in [0.25, 0.3) is 21.9 Å². The number of nitrogen functional groups attached to an aromatic ring is 1. The van der Waals surface area contributed by atoms with Crippen LogP contribution < -0.4 is 11.1 Å². The fraction of sp³-hybridized carbons (Fsp3) is 0.577. The van der Waals surface area contributed by atoms with E-state index in [-0.39, 0.29) is 23.6 Å². The maximum Gasteiger partial charge on any atom is 0.407 e. The summed E-state index contributed by atoms with van der Waals surface area (Å²) >= 11 is 0. The first-order valence-electron chi connectivity index (χ1n) is 12.4. The summed E-state index contributed by atoms with van der Waals surface area (Å²) in [6.45, 7) is 10.6. The van der Waals surface area contributed by atoms with Gasteiger partial charge in [-0.3, -0.25) is 0 Å². The number of nitrogens with one attached hydrogen (secondary N) is 1. The number of imidazole rings is 1. The Kier molecular flexibility index (Phi) is 7.26. The first-order chi connectivity index (χ1) is 16.3. The molecule has 2 aromatic heterocycles. The number of nitrogens with zero attached hydrogens (tertiary/aromatic N) is 3. The average molecular weight is 468 g/mol. The number of para-hydroxylation sites is 1. The number of anilines is 1. The maximum absolute atomic E-state index is 12.2. The van der Waals surface area contributed by atoms with Gasteiger partial charge in [0.1, 0.15) is 11.3 Å². The molecule has 0 spiro atoms. The number of alkyl carbamates (subject to hydrolysis) is 1. The van der Waals surface area contributed by atoms with Crippen molar-refractivity contribution in [2.24, 2.45) is 5.41 Å². The van der Waals surface area contributed by atoms with Crippen LogP contribution in [0.3, 0.4) is 0 Å². The molecule has 1 saturated heterocycles. The van der Waals surface area contributed by atoms with Gasteiger partial charge in [0, 0.05) is 37.1 Å². The van der Waals surface area contributed by atoms with Crippen molar-refractivity contribution in [3.63, 3.8) is 0 Å². The molecule has 1 unspecified atom stereocenters. The van der Waals surface area contributed by atoms with Crippen molar-refractivity contribution in [1.29, 1.82) is 0 Å². The Morgan fingerprint density at radius 1 is 1.26 bits per heavy atom. The zero-order chi connectivity index (χ0) is 24.3. The highest BCUT2D eigenvalue weighted by molar-refractivity contribution is 6.06. The second-order valence-corrected chi connectivity index (χ2v) is 10.2. The van der Waals surface area contributed by atoms with Gasteiger partial charge in [-0.1, -0.05) is 45.9 Å². The number of carbonyl (C=O) groups excluding carboxylic acids is 1. The number of amides is 1. The number of benzene rings is 1. The number of aromatic nitrogens is 3. The Hall–Kier alpha value is -2.87. The van der Waals surface area contributed by atoms with Gasteiger partial charge in [-0.25, -0.2) is 14.8 Å². The minimum atomic E-state index is -0.341. The molecule has 3 N–H and O–H groups in total. The highest BCUT2D eigenvalue weighted by atomic mass is 16.5. The van der Waals surface area contributed by atoms with E-state index in [1.165, 1.54) is 0 Å². The number of hydrogen-bond donors (Lipinski definition) is 2. The number of fused-ring (bicyclic) bond motifs is 3. The number of nitrogens with two attached hydrogens (primary N) is 1. The molecule has 3 heterocycles. The normalized spacial score (nSPS) is 16.1. The molecule has 34 heavy (non-hydrogen) atoms. The zero-order valence-corrected chi connectivity index (χ0v) is 20.8. The molecule has 1 fully saturated rings. The predicted octanol–water partition coefficient (Wildman–Crippen LogP) is 5.00. The average Bonchev–Trinajstić information content (AvgIpc) is 3.19. The summed E-state index contributed by atoms with van der Waals surface area (Å²) in [6, 6.07) is 8.38. The fourth-order valence-corrected chi connectivity index (χ4v) is 4.90. The Morgan fingerprint density at radius 3 is 2.71 bits per heavy atom. The maximum atomic E-state index is 12.2. The number of rotatable bonds is 7. The predicted molar refractivity (Wildman–Crippen MR) is 135 cm³/mol. The molecule has 0 saturated carbocycles. The summed E-state index contributed by atoms with van der Waals surface area (Å²) in [6.07, 6.45) is 3.72. The lowest BCUT2D eigenvalue weighted by atomic mass is 9.83. The largest absolute Gasteiger partial charge is 0.450 e. The number of pyridine rings is 1. The van der Waals surface area contributed by atoms with Gasteiger partial charge in [0.2, 0.25) is 0 Å². The molecule has 0 bridgehead atoms. The van der Waals surface area contributed by atoms with Crippen molar-refractivity contribution in [1.82, 2.24) is 19.9 Å². The lowest BCUT2D eigenvalue weighted by Crippen LogP contribution is -2.39. The smallest absolute Gasteiger partial charge is 0.407 e. The summed E-state index contributed by atoms with van der Waals surface area (Å²) in [4.78, 5) is 21.7. The molecule has 1 aliphatic rings. The van der Waals surface area contributed by atoms with E-state index in [1.54, 1.807) is 0 Å². The van der Waals surface area contributed by atoms with Gasteiger partial charge < -0.3 is 25.1 Å². The van der Waals surface area contributed by atoms with Gasteiger partial charge in [-0.05, 0) is 37.2 Å². The van der Waals surface area contributed by atoms with Crippen molar-refractivity contribution in [2.75, 3.05) is 25.6 Å². The van der Waals surface area contributed by atoms with Crippen molar-refractivity contribution in [3.8, 4) is 0 Å². The van der Waals surface area contributed by atoms with E-state index in [4.69, 9.17) is 20.2 Å². The van der Waals surface area contributed by atoms with Crippen LogP contribution in [0.1, 0.15) is 65.2 Å². The Morgan fingerprint density at radius 2 is 2.00 bits per heavy atom. The number of ether oxygens (including phenoxy) is 2. The third-order valence-corrected chi connectivity index (χ3v) is 6.65. The Balaban J connectivity index is 1.56. The van der Waals surface area contributed by atoms with Crippen molar-refractivity contribution in [2.45, 2.75) is 71.9 Å². The fourth-order valence-electron chi connectivity index (χ4n) is 4.90. The summed E-state index contributed by atoms with van der Waals surface area (Å²) < 4.78 is 13.2. The first-order valence-corrected chi connectivity index (χ1v) is 12.4. The third kappa shape index (κ3) is 5.12. The van der Waals surface area contributed by atoms with Crippen molar-refractivity contribution in [3.05, 3.63) is 30.1 Å². The summed E-state index contributed by atoms with van der Waals surface area (Å²) in [5, 5.41) is 4.01. The first kappa shape index (κ1) is 24.3. The summed E-state index contributed by atoms with van der Waals surface area (Å²) in [7, 11) is 0. The second kappa shape index (κ2) is 10.2. The second-order valence-electron chi connectivity index (χ2n) is 10.2. The van der Waals surface area contributed by atoms with Gasteiger partial charge in [0.05, 0.1) is 17.6 Å². The van der Waals surface area contributed by atoms with Crippen LogP contribution in [0, 0.1) is 5.41 Å². The molecular formula is C26H37N5O3. The summed E-state index contributed by atoms with van der Waals surface area (Å²) in [5.74, 6) is 1.46. The molecule has 8 heteroatoms. The van der Waals surface area contributed by atoms with Gasteiger partial charge in [0.15, 0.2) is 5.82 Å². The number of hydrogen-bond acceptors (Lipinski definition) is 6. The highest BCUT2D eigenvalue weighted by Gasteiger charge is 2.30. The SMILES string of the molecule is CCc1nc2c(N)nc3ccccc3c2n1C(CCCOC(=O)NC1CCOCC1)C(C)(C)C. The van der Waals surface area contributed by atoms with Crippen LogP contribution in [0.2, 0.25) is 0 Å². The number of carbonyl (C=O) groups is 1.